The maximum Gasteiger partial charge on any atom is 3.00 e. The summed E-state index contributed by atoms with van der Waals surface area (Å²) in [5, 5.41) is 0. The summed E-state index contributed by atoms with van der Waals surface area (Å²) in [4.78, 5) is 0. The topological polar surface area (TPSA) is 331 Å². The SMILES string of the molecule is O=S(=O)([O-])[O-].O=S(=O)([O-])[O-].O=S(=O)([O-])[O-].[Al+3].[Ba+2].[Ba+2].[Ba+2].[OH-].[OH-].[OH-]. The van der Waals surface area contributed by atoms with Gasteiger partial charge in [-0.3, -0.25) is 25.3 Å². The molecule has 0 aromatic heterocycles. The zero-order chi connectivity index (χ0) is 13.5. The van der Waals surface area contributed by atoms with Crippen molar-refractivity contribution in [3.63, 3.8) is 0 Å². The average Bonchev–Trinajstić information content (AvgIpc) is 1.41. The normalized spacial score (nSPS) is 7.91. The van der Waals surface area contributed by atoms with Crippen molar-refractivity contribution in [3.05, 3.63) is 0 Å². The largest absolute Gasteiger partial charge is 3.00 e. The van der Waals surface area contributed by atoms with E-state index < -0.39 is 31.2 Å². The smallest absolute Gasteiger partial charge is 0.870 e. The molecule has 22 heavy (non-hydrogen) atoms. The minimum absolute atomic E-state index is 0. The van der Waals surface area contributed by atoms with E-state index in [1.54, 1.807) is 0 Å². The van der Waals surface area contributed by atoms with E-state index in [0.717, 1.165) is 0 Å². The monoisotopic (exact) mass is 780 g/mol. The van der Waals surface area contributed by atoms with E-state index in [1.165, 1.54) is 0 Å². The van der Waals surface area contributed by atoms with Gasteiger partial charge < -0.3 is 43.7 Å². The van der Waals surface area contributed by atoms with Gasteiger partial charge in [0.2, 0.25) is 0 Å². The summed E-state index contributed by atoms with van der Waals surface area (Å²) in [5.41, 5.74) is 0. The van der Waals surface area contributed by atoms with E-state index in [2.05, 4.69) is 0 Å². The molecule has 15 nitrogen and oxygen atoms in total. The molecule has 0 heterocycles. The van der Waals surface area contributed by atoms with Crippen molar-refractivity contribution in [3.8, 4) is 0 Å². The molecule has 0 rings (SSSR count). The molecule has 0 aliphatic heterocycles. The number of hydrogen-bond acceptors (Lipinski definition) is 15. The van der Waals surface area contributed by atoms with E-state index in [-0.39, 0.29) is 180 Å². The third kappa shape index (κ3) is 621. The van der Waals surface area contributed by atoms with Gasteiger partial charge in [-0.15, -0.1) is 0 Å². The summed E-state index contributed by atoms with van der Waals surface area (Å²) < 4.78 is 102. The molecule has 0 saturated heterocycles. The first-order chi connectivity index (χ1) is 6.00. The third-order valence-corrected chi connectivity index (χ3v) is 0. The van der Waals surface area contributed by atoms with E-state index in [9.17, 15) is 0 Å². The molecular weight excluding hydrogens is 775 g/mol. The first-order valence-electron chi connectivity index (χ1n) is 2.00. The summed E-state index contributed by atoms with van der Waals surface area (Å²) in [6.45, 7) is 0. The summed E-state index contributed by atoms with van der Waals surface area (Å²) in [7, 11) is -15.5. The molecule has 0 aromatic rings. The zero-order valence-electron chi connectivity index (χ0n) is 10.2. The van der Waals surface area contributed by atoms with Gasteiger partial charge in [-0.25, -0.2) is 0 Å². The van der Waals surface area contributed by atoms with Crippen LogP contribution in [0.1, 0.15) is 0 Å². The predicted molar refractivity (Wildman–Crippen MR) is 60.2 cm³/mol. The molecule has 120 valence electrons. The molecule has 0 amide bonds. The van der Waals surface area contributed by atoms with Gasteiger partial charge in [0, 0.05) is 31.2 Å². The Morgan fingerprint density at radius 3 is 0.409 bits per heavy atom. The van der Waals surface area contributed by atoms with Gasteiger partial charge in [0.1, 0.15) is 0 Å². The minimum atomic E-state index is -5.17. The van der Waals surface area contributed by atoms with Gasteiger partial charge in [-0.2, -0.15) is 0 Å². The van der Waals surface area contributed by atoms with Gasteiger partial charge in [-0.05, 0) is 0 Å². The summed E-state index contributed by atoms with van der Waals surface area (Å²) in [5.74, 6) is 0. The average molecular weight is 778 g/mol. The maximum atomic E-state index is 8.52. The van der Waals surface area contributed by atoms with Crippen LogP contribution in [-0.2, 0) is 31.2 Å². The van der Waals surface area contributed by atoms with Crippen molar-refractivity contribution in [1.82, 2.24) is 0 Å². The number of hydrogen-bond donors (Lipinski definition) is 0. The minimum Gasteiger partial charge on any atom is -0.870 e. The van der Waals surface area contributed by atoms with Crippen molar-refractivity contribution in [1.29, 1.82) is 0 Å². The second kappa shape index (κ2) is 30.5. The summed E-state index contributed by atoms with van der Waals surface area (Å²) >= 11 is 0. The Morgan fingerprint density at radius 1 is 0.409 bits per heavy atom. The van der Waals surface area contributed by atoms with Gasteiger partial charge in [-0.1, -0.05) is 0 Å². The molecule has 0 unspecified atom stereocenters. The molecular formula is H3AlBa3O15S3. The van der Waals surface area contributed by atoms with Crippen molar-refractivity contribution in [2.24, 2.45) is 0 Å². The third-order valence-electron chi connectivity index (χ3n) is 0. The van der Waals surface area contributed by atoms with Crippen LogP contribution in [0.25, 0.3) is 0 Å². The van der Waals surface area contributed by atoms with E-state index in [1.807, 2.05) is 0 Å². The number of rotatable bonds is 0. The quantitative estimate of drug-likeness (QED) is 0.125. The Labute approximate surface area is 257 Å². The Bertz CT molecular complexity index is 351. The van der Waals surface area contributed by atoms with Crippen molar-refractivity contribution in [2.75, 3.05) is 0 Å². The van der Waals surface area contributed by atoms with Crippen molar-refractivity contribution >= 4 is 195 Å². The standard InChI is InChI=1S/Al.3Ba.3H2O4S.3H2O/c;;;;3*1-5(2,3)4;;;/h;;;;3*(H2,1,2,3,4);3*1H2/q+3;3*+2;;;;;;/p-9. The molecule has 0 bridgehead atoms. The van der Waals surface area contributed by atoms with Crippen molar-refractivity contribution in [2.45, 2.75) is 0 Å². The van der Waals surface area contributed by atoms with Crippen LogP contribution in [0, 0.1) is 0 Å². The fourth-order valence-corrected chi connectivity index (χ4v) is 0. The Balaban J connectivity index is -0.0000000106. The van der Waals surface area contributed by atoms with Crippen LogP contribution in [0.4, 0.5) is 0 Å². The molecule has 0 saturated carbocycles. The van der Waals surface area contributed by atoms with E-state index in [4.69, 9.17) is 52.6 Å². The van der Waals surface area contributed by atoms with Crippen LogP contribution in [0.3, 0.4) is 0 Å². The maximum absolute atomic E-state index is 8.52. The Morgan fingerprint density at radius 2 is 0.409 bits per heavy atom. The second-order valence-corrected chi connectivity index (χ2v) is 3.67. The molecule has 0 atom stereocenters. The van der Waals surface area contributed by atoms with Crippen molar-refractivity contribution < 1.29 is 69.0 Å². The summed E-state index contributed by atoms with van der Waals surface area (Å²) in [6, 6.07) is 0. The van der Waals surface area contributed by atoms with Gasteiger partial charge in [0.25, 0.3) is 0 Å². The summed E-state index contributed by atoms with van der Waals surface area (Å²) in [6.07, 6.45) is 0. The molecule has 0 aliphatic rings. The second-order valence-electron chi connectivity index (χ2n) is 1.22. The van der Waals surface area contributed by atoms with E-state index in [0.29, 0.717) is 0 Å². The van der Waals surface area contributed by atoms with Crippen LogP contribution in [0.2, 0.25) is 0 Å². The van der Waals surface area contributed by atoms with Crippen LogP contribution in [0.15, 0.2) is 0 Å². The zero-order valence-corrected chi connectivity index (χ0v) is 27.1. The molecule has 0 aliphatic carbocycles. The Kier molecular flexibility index (Phi) is 87.5. The fraction of sp³-hybridized carbons (Fsp3) is 0. The Hall–Kier alpha value is 4.74. The molecule has 22 heteroatoms. The first-order valence-corrected chi connectivity index (χ1v) is 6.00. The molecule has 0 fully saturated rings. The van der Waals surface area contributed by atoms with Crippen LogP contribution < -0.4 is 0 Å². The van der Waals surface area contributed by atoms with Gasteiger partial charge in [0.15, 0.2) is 0 Å². The van der Waals surface area contributed by atoms with Crippen LogP contribution in [-0.4, -0.2) is 233 Å². The first kappa shape index (κ1) is 63.2. The van der Waals surface area contributed by atoms with Gasteiger partial charge >= 0.3 is 164 Å². The molecule has 3 N–H and O–H groups in total. The molecule has 0 radical (unpaired) electrons. The fourth-order valence-electron chi connectivity index (χ4n) is 0. The molecule has 0 spiro atoms. The van der Waals surface area contributed by atoms with Crippen LogP contribution in [0.5, 0.6) is 0 Å². The predicted octanol–water partition coefficient (Wildman–Crippen LogP) is -6.07. The van der Waals surface area contributed by atoms with Crippen LogP contribution >= 0.6 is 0 Å². The van der Waals surface area contributed by atoms with Gasteiger partial charge in [0.05, 0.1) is 0 Å². The molecule has 0 aromatic carbocycles. The van der Waals surface area contributed by atoms with E-state index >= 15 is 0 Å².